The number of amidine groups is 1. The Morgan fingerprint density at radius 2 is 2.00 bits per heavy atom. The number of nitrogens with zero attached hydrogens (tertiary/aromatic N) is 1. The van der Waals surface area contributed by atoms with E-state index < -0.39 is 12.7 Å². The molecule has 1 N–H and O–H groups in total. The summed E-state index contributed by atoms with van der Waals surface area (Å²) in [6.07, 6.45) is -4.24. The molecule has 0 radical (unpaired) electrons. The molecule has 1 aromatic carbocycles. The van der Waals surface area contributed by atoms with E-state index in [2.05, 4.69) is 10.3 Å². The number of hydrogen-bond donors (Lipinski definition) is 1. The van der Waals surface area contributed by atoms with Crippen LogP contribution >= 0.6 is 11.8 Å². The van der Waals surface area contributed by atoms with Gasteiger partial charge in [-0.2, -0.15) is 13.2 Å². The van der Waals surface area contributed by atoms with Gasteiger partial charge in [-0.25, -0.2) is 0 Å². The van der Waals surface area contributed by atoms with Crippen molar-refractivity contribution in [2.75, 3.05) is 12.3 Å². The number of halogens is 3. The van der Waals surface area contributed by atoms with Crippen LogP contribution in [0.15, 0.2) is 35.3 Å². The molecule has 0 spiro atoms. The molecular formula is C11H11F3N2S. The second kappa shape index (κ2) is 5.00. The molecule has 0 aliphatic carbocycles. The van der Waals surface area contributed by atoms with Crippen molar-refractivity contribution in [1.82, 2.24) is 5.32 Å². The Bertz CT molecular complexity index is 403. The summed E-state index contributed by atoms with van der Waals surface area (Å²) < 4.78 is 36.0. The minimum absolute atomic E-state index is 0.0492. The number of aliphatic imine (C=N–C) groups is 1. The highest BCUT2D eigenvalue weighted by Crippen LogP contribution is 2.26. The molecule has 1 fully saturated rings. The molecule has 0 saturated carbocycles. The van der Waals surface area contributed by atoms with Crippen LogP contribution in [0.2, 0.25) is 0 Å². The van der Waals surface area contributed by atoms with Crippen LogP contribution in [0.25, 0.3) is 0 Å². The fourth-order valence-electron chi connectivity index (χ4n) is 1.51. The number of alkyl halides is 3. The molecule has 6 heteroatoms. The molecule has 1 aromatic rings. The van der Waals surface area contributed by atoms with E-state index in [4.69, 9.17) is 0 Å². The lowest BCUT2D eigenvalue weighted by atomic mass is 10.1. The zero-order valence-corrected chi connectivity index (χ0v) is 9.68. The maximum Gasteiger partial charge on any atom is 0.408 e. The number of nitrogens with one attached hydrogen (secondary N) is 1. The van der Waals surface area contributed by atoms with Crippen LogP contribution < -0.4 is 5.32 Å². The van der Waals surface area contributed by atoms with Crippen LogP contribution in [0.3, 0.4) is 0 Å². The van der Waals surface area contributed by atoms with E-state index in [0.29, 0.717) is 10.9 Å². The SMILES string of the molecule is FC(F)(F)CN=C1NC(c2ccccc2)CS1. The van der Waals surface area contributed by atoms with Gasteiger partial charge in [-0.1, -0.05) is 42.1 Å². The summed E-state index contributed by atoms with van der Waals surface area (Å²) in [5.74, 6) is 0.709. The second-order valence-corrected chi connectivity index (χ2v) is 4.66. The third-order valence-corrected chi connectivity index (χ3v) is 3.31. The third-order valence-electron chi connectivity index (χ3n) is 2.29. The fraction of sp³-hybridized carbons (Fsp3) is 0.364. The van der Waals surface area contributed by atoms with Crippen molar-refractivity contribution in [1.29, 1.82) is 0 Å². The summed E-state index contributed by atoms with van der Waals surface area (Å²) >= 11 is 1.32. The van der Waals surface area contributed by atoms with Crippen LogP contribution in [0.1, 0.15) is 11.6 Å². The van der Waals surface area contributed by atoms with Crippen molar-refractivity contribution in [3.05, 3.63) is 35.9 Å². The van der Waals surface area contributed by atoms with Gasteiger partial charge in [0.05, 0.1) is 6.04 Å². The number of rotatable bonds is 2. The predicted molar refractivity (Wildman–Crippen MR) is 63.1 cm³/mol. The van der Waals surface area contributed by atoms with Crippen LogP contribution in [0.4, 0.5) is 13.2 Å². The molecular weight excluding hydrogens is 249 g/mol. The summed E-state index contributed by atoms with van der Waals surface area (Å²) in [7, 11) is 0. The van der Waals surface area contributed by atoms with E-state index in [1.807, 2.05) is 30.3 Å². The normalized spacial score (nSPS) is 22.8. The summed E-state index contributed by atoms with van der Waals surface area (Å²) in [5.41, 5.74) is 1.07. The van der Waals surface area contributed by atoms with Crippen LogP contribution in [0.5, 0.6) is 0 Å². The van der Waals surface area contributed by atoms with Gasteiger partial charge in [0.25, 0.3) is 0 Å². The molecule has 0 amide bonds. The van der Waals surface area contributed by atoms with Gasteiger partial charge in [0.2, 0.25) is 0 Å². The Morgan fingerprint density at radius 3 is 2.65 bits per heavy atom. The monoisotopic (exact) mass is 260 g/mol. The molecule has 0 aromatic heterocycles. The lowest BCUT2D eigenvalue weighted by Gasteiger charge is -2.09. The van der Waals surface area contributed by atoms with Gasteiger partial charge in [0, 0.05) is 5.75 Å². The first-order chi connectivity index (χ1) is 8.04. The first kappa shape index (κ1) is 12.3. The summed E-state index contributed by atoms with van der Waals surface area (Å²) in [6.45, 7) is -1.12. The smallest absolute Gasteiger partial charge is 0.357 e. The highest BCUT2D eigenvalue weighted by atomic mass is 32.2. The van der Waals surface area contributed by atoms with Crippen LogP contribution in [-0.4, -0.2) is 23.6 Å². The van der Waals surface area contributed by atoms with E-state index in [1.165, 1.54) is 11.8 Å². The Labute approximate surface area is 101 Å². The highest BCUT2D eigenvalue weighted by Gasteiger charge is 2.28. The molecule has 1 unspecified atom stereocenters. The van der Waals surface area contributed by atoms with Gasteiger partial charge >= 0.3 is 6.18 Å². The van der Waals surface area contributed by atoms with Gasteiger partial charge in [-0.05, 0) is 5.56 Å². The average Bonchev–Trinajstić information content (AvgIpc) is 2.75. The molecule has 2 nitrogen and oxygen atoms in total. The molecule has 17 heavy (non-hydrogen) atoms. The molecule has 1 saturated heterocycles. The van der Waals surface area contributed by atoms with Crippen molar-refractivity contribution in [3.8, 4) is 0 Å². The zero-order chi connectivity index (χ0) is 12.3. The van der Waals surface area contributed by atoms with Gasteiger partial charge in [-0.15, -0.1) is 0 Å². The largest absolute Gasteiger partial charge is 0.408 e. The number of hydrogen-bond acceptors (Lipinski definition) is 2. The van der Waals surface area contributed by atoms with E-state index in [0.717, 1.165) is 5.56 Å². The molecule has 92 valence electrons. The molecule has 0 bridgehead atoms. The topological polar surface area (TPSA) is 24.4 Å². The minimum Gasteiger partial charge on any atom is -0.357 e. The standard InChI is InChI=1S/C11H11F3N2S/c12-11(13,14)7-15-10-16-9(6-17-10)8-4-2-1-3-5-8/h1-5,9H,6-7H2,(H,15,16). The summed E-state index contributed by atoms with van der Waals surface area (Å²) in [5, 5.41) is 3.36. The van der Waals surface area contributed by atoms with Gasteiger partial charge in [-0.3, -0.25) is 4.99 Å². The zero-order valence-electron chi connectivity index (χ0n) is 8.87. The van der Waals surface area contributed by atoms with Crippen LogP contribution in [-0.2, 0) is 0 Å². The molecule has 1 aliphatic rings. The highest BCUT2D eigenvalue weighted by molar-refractivity contribution is 8.14. The molecule has 1 heterocycles. The van der Waals surface area contributed by atoms with E-state index in [1.54, 1.807) is 0 Å². The van der Waals surface area contributed by atoms with Crippen molar-refractivity contribution < 1.29 is 13.2 Å². The lowest BCUT2D eigenvalue weighted by molar-refractivity contribution is -0.118. The van der Waals surface area contributed by atoms with Crippen LogP contribution in [0, 0.1) is 0 Å². The van der Waals surface area contributed by atoms with Crippen molar-refractivity contribution in [2.45, 2.75) is 12.2 Å². The van der Waals surface area contributed by atoms with E-state index in [9.17, 15) is 13.2 Å². The Morgan fingerprint density at radius 1 is 1.29 bits per heavy atom. The first-order valence-electron chi connectivity index (χ1n) is 5.10. The van der Waals surface area contributed by atoms with Crippen molar-refractivity contribution in [3.63, 3.8) is 0 Å². The first-order valence-corrected chi connectivity index (χ1v) is 6.09. The average molecular weight is 260 g/mol. The number of thioether (sulfide) groups is 1. The predicted octanol–water partition coefficient (Wildman–Crippen LogP) is 2.98. The Balaban J connectivity index is 1.96. The maximum absolute atomic E-state index is 12.0. The van der Waals surface area contributed by atoms with Crippen molar-refractivity contribution in [2.24, 2.45) is 4.99 Å². The summed E-state index contributed by atoms with van der Waals surface area (Å²) in [4.78, 5) is 3.51. The van der Waals surface area contributed by atoms with E-state index >= 15 is 0 Å². The van der Waals surface area contributed by atoms with E-state index in [-0.39, 0.29) is 6.04 Å². The van der Waals surface area contributed by atoms with Gasteiger partial charge in [0.15, 0.2) is 5.17 Å². The molecule has 1 aliphatic heterocycles. The second-order valence-electron chi connectivity index (χ2n) is 3.66. The molecule has 1 atom stereocenters. The quantitative estimate of drug-likeness (QED) is 0.884. The van der Waals surface area contributed by atoms with Gasteiger partial charge < -0.3 is 5.32 Å². The van der Waals surface area contributed by atoms with Crippen molar-refractivity contribution >= 4 is 16.9 Å². The summed E-state index contributed by atoms with van der Waals surface area (Å²) in [6, 6.07) is 9.67. The van der Waals surface area contributed by atoms with Gasteiger partial charge in [0.1, 0.15) is 6.54 Å². The third kappa shape index (κ3) is 3.66. The Kier molecular flexibility index (Phi) is 3.61. The molecule has 2 rings (SSSR count). The lowest BCUT2D eigenvalue weighted by Crippen LogP contribution is -2.21. The maximum atomic E-state index is 12.0. The Hall–Kier alpha value is -1.17. The minimum atomic E-state index is -4.24. The number of benzene rings is 1. The fourth-order valence-corrected chi connectivity index (χ4v) is 2.49.